The smallest absolute Gasteiger partial charge is 0.267 e. The van der Waals surface area contributed by atoms with Crippen LogP contribution >= 0.6 is 0 Å². The lowest BCUT2D eigenvalue weighted by atomic mass is 9.98. The Labute approximate surface area is 237 Å². The summed E-state index contributed by atoms with van der Waals surface area (Å²) in [7, 11) is 0. The fraction of sp³-hybridized carbons (Fsp3) is 0.323. The van der Waals surface area contributed by atoms with E-state index in [4.69, 9.17) is 0 Å². The van der Waals surface area contributed by atoms with Gasteiger partial charge in [-0.2, -0.15) is 0 Å². The van der Waals surface area contributed by atoms with Crippen LogP contribution in [0.4, 0.5) is 8.78 Å². The number of amides is 3. The van der Waals surface area contributed by atoms with Crippen molar-refractivity contribution in [3.8, 4) is 5.75 Å². The lowest BCUT2D eigenvalue weighted by Gasteiger charge is -2.30. The monoisotopic (exact) mass is 565 g/mol. The molecule has 0 saturated carbocycles. The minimum Gasteiger partial charge on any atom is -0.508 e. The van der Waals surface area contributed by atoms with Gasteiger partial charge in [0.25, 0.3) is 17.7 Å². The van der Waals surface area contributed by atoms with Crippen LogP contribution in [-0.2, 0) is 22.6 Å². The van der Waals surface area contributed by atoms with Crippen LogP contribution in [0.25, 0.3) is 0 Å². The first-order chi connectivity index (χ1) is 19.5. The number of carbonyl (C=O) groups is 3. The first-order valence-electron chi connectivity index (χ1n) is 13.3. The van der Waals surface area contributed by atoms with Crippen LogP contribution in [-0.4, -0.2) is 63.5 Å². The number of hydrogen-bond donors (Lipinski definition) is 4. The van der Waals surface area contributed by atoms with E-state index in [1.807, 2.05) is 19.1 Å². The number of aliphatic hydroxyl groups is 1. The first kappa shape index (κ1) is 29.7. The molecule has 3 aromatic carbocycles. The molecule has 8 nitrogen and oxygen atoms in total. The number of alkyl halides is 2. The molecule has 0 spiro atoms. The molecule has 3 atom stereocenters. The molecule has 3 aromatic rings. The van der Waals surface area contributed by atoms with Gasteiger partial charge in [0, 0.05) is 24.1 Å². The van der Waals surface area contributed by atoms with Crippen molar-refractivity contribution in [2.45, 2.75) is 57.3 Å². The first-order valence-corrected chi connectivity index (χ1v) is 13.3. The van der Waals surface area contributed by atoms with E-state index in [2.05, 4.69) is 10.6 Å². The second kappa shape index (κ2) is 12.5. The van der Waals surface area contributed by atoms with Gasteiger partial charge in [0.05, 0.1) is 12.6 Å². The Hall–Kier alpha value is -4.31. The van der Waals surface area contributed by atoms with Gasteiger partial charge in [-0.15, -0.1) is 0 Å². The van der Waals surface area contributed by atoms with Gasteiger partial charge in [0.15, 0.2) is 6.10 Å². The van der Waals surface area contributed by atoms with Crippen LogP contribution in [0.1, 0.15) is 39.0 Å². The Morgan fingerprint density at radius 3 is 2.39 bits per heavy atom. The minimum atomic E-state index is -3.34. The molecule has 41 heavy (non-hydrogen) atoms. The zero-order valence-electron chi connectivity index (χ0n) is 22.8. The molecule has 0 radical (unpaired) electrons. The molecule has 1 heterocycles. The number of aromatic hydroxyl groups is 1. The molecule has 0 aliphatic carbocycles. The number of benzene rings is 3. The van der Waals surface area contributed by atoms with Crippen molar-refractivity contribution in [2.75, 3.05) is 6.54 Å². The molecule has 216 valence electrons. The third kappa shape index (κ3) is 7.07. The van der Waals surface area contributed by atoms with Crippen LogP contribution in [0, 0.1) is 13.8 Å². The quantitative estimate of drug-likeness (QED) is 0.318. The molecule has 3 amide bonds. The number of phenolic OH excluding ortho intramolecular Hbond substituents is 1. The van der Waals surface area contributed by atoms with Crippen LogP contribution in [0.5, 0.6) is 5.75 Å². The molecule has 0 aromatic heterocycles. The number of aryl methyl sites for hydroxylation is 1. The summed E-state index contributed by atoms with van der Waals surface area (Å²) in [6.45, 7) is 2.46. The van der Waals surface area contributed by atoms with Crippen LogP contribution in [0.3, 0.4) is 0 Å². The van der Waals surface area contributed by atoms with Gasteiger partial charge in [0.2, 0.25) is 5.91 Å². The van der Waals surface area contributed by atoms with E-state index < -0.39 is 54.8 Å². The summed E-state index contributed by atoms with van der Waals surface area (Å²) >= 11 is 0. The van der Waals surface area contributed by atoms with E-state index >= 15 is 0 Å². The molecule has 0 bridgehead atoms. The topological polar surface area (TPSA) is 119 Å². The number of hydrogen-bond acceptors (Lipinski definition) is 5. The summed E-state index contributed by atoms with van der Waals surface area (Å²) in [6.07, 6.45) is -2.81. The number of rotatable bonds is 9. The average molecular weight is 566 g/mol. The lowest BCUT2D eigenvalue weighted by Crippen LogP contribution is -2.56. The molecular formula is C31H33F2N3O5. The fourth-order valence-electron chi connectivity index (χ4n) is 4.96. The van der Waals surface area contributed by atoms with Crippen molar-refractivity contribution < 1.29 is 33.4 Å². The number of nitrogens with zero attached hydrogens (tertiary/aromatic N) is 1. The van der Waals surface area contributed by atoms with Crippen molar-refractivity contribution in [2.24, 2.45) is 0 Å². The highest BCUT2D eigenvalue weighted by Crippen LogP contribution is 2.33. The van der Waals surface area contributed by atoms with Gasteiger partial charge < -0.3 is 25.7 Å². The SMILES string of the molecule is Cc1ccccc1CNC(=O)[C@@H]1CC(F)(F)CN1C(=O)[C@@H](O)C(Cc1ccccc1)NC(=O)c1cccc(O)c1C. The molecule has 1 saturated heterocycles. The lowest BCUT2D eigenvalue weighted by molar-refractivity contribution is -0.147. The highest BCUT2D eigenvalue weighted by molar-refractivity contribution is 5.97. The zero-order valence-corrected chi connectivity index (χ0v) is 22.8. The van der Waals surface area contributed by atoms with Crippen LogP contribution in [0.2, 0.25) is 0 Å². The van der Waals surface area contributed by atoms with E-state index in [9.17, 15) is 33.4 Å². The second-order valence-electron chi connectivity index (χ2n) is 10.4. The maximum absolute atomic E-state index is 14.6. The highest BCUT2D eigenvalue weighted by atomic mass is 19.3. The summed E-state index contributed by atoms with van der Waals surface area (Å²) < 4.78 is 29.1. The van der Waals surface area contributed by atoms with Crippen molar-refractivity contribution >= 4 is 17.7 Å². The Morgan fingerprint density at radius 1 is 1.00 bits per heavy atom. The van der Waals surface area contributed by atoms with Crippen molar-refractivity contribution in [1.29, 1.82) is 0 Å². The normalized spacial score (nSPS) is 17.5. The van der Waals surface area contributed by atoms with Crippen LogP contribution in [0.15, 0.2) is 72.8 Å². The van der Waals surface area contributed by atoms with Crippen molar-refractivity contribution in [1.82, 2.24) is 15.5 Å². The third-order valence-electron chi connectivity index (χ3n) is 7.37. The average Bonchev–Trinajstić information content (AvgIpc) is 3.28. The number of phenols is 1. The molecule has 10 heteroatoms. The van der Waals surface area contributed by atoms with Gasteiger partial charge in [-0.3, -0.25) is 14.4 Å². The summed E-state index contributed by atoms with van der Waals surface area (Å²) in [4.78, 5) is 40.4. The van der Waals surface area contributed by atoms with Gasteiger partial charge in [-0.25, -0.2) is 8.78 Å². The van der Waals surface area contributed by atoms with Crippen LogP contribution < -0.4 is 10.6 Å². The van der Waals surface area contributed by atoms with E-state index in [0.717, 1.165) is 11.1 Å². The van der Waals surface area contributed by atoms with Crippen molar-refractivity contribution in [3.63, 3.8) is 0 Å². The predicted molar refractivity (Wildman–Crippen MR) is 148 cm³/mol. The number of likely N-dealkylation sites (tertiary alicyclic amines) is 1. The number of carbonyl (C=O) groups excluding carboxylic acids is 3. The molecule has 1 fully saturated rings. The van der Waals surface area contributed by atoms with Gasteiger partial charge in [0.1, 0.15) is 11.8 Å². The standard InChI is InChI=1S/C31H33F2N3O5/c1-19-9-6-7-12-22(19)17-34-29(40)25-16-31(32,33)18-36(25)30(41)27(38)24(15-21-10-4-3-5-11-21)35-28(39)23-13-8-14-26(37)20(23)2/h3-14,24-25,27,37-38H,15-18H2,1-2H3,(H,34,40)(H,35,39)/t24?,25-,27-/m0/s1. The fourth-order valence-corrected chi connectivity index (χ4v) is 4.96. The van der Waals surface area contributed by atoms with Gasteiger partial charge in [-0.1, -0.05) is 60.7 Å². The number of nitrogens with one attached hydrogen (secondary N) is 2. The van der Waals surface area contributed by atoms with Gasteiger partial charge in [-0.05, 0) is 49.1 Å². The summed E-state index contributed by atoms with van der Waals surface area (Å²) in [6, 6.07) is 17.7. The Morgan fingerprint density at radius 2 is 1.68 bits per heavy atom. The maximum Gasteiger partial charge on any atom is 0.267 e. The van der Waals surface area contributed by atoms with E-state index in [0.29, 0.717) is 16.0 Å². The predicted octanol–water partition coefficient (Wildman–Crippen LogP) is 3.26. The highest BCUT2D eigenvalue weighted by Gasteiger charge is 2.51. The molecule has 1 aliphatic heterocycles. The molecule has 1 aliphatic rings. The van der Waals surface area contributed by atoms with E-state index in [1.165, 1.54) is 18.2 Å². The number of aliphatic hydroxyl groups excluding tert-OH is 1. The van der Waals surface area contributed by atoms with E-state index in [1.54, 1.807) is 49.4 Å². The Kier molecular flexibility index (Phi) is 9.02. The minimum absolute atomic E-state index is 0.00568. The van der Waals surface area contributed by atoms with Gasteiger partial charge >= 0.3 is 0 Å². The summed E-state index contributed by atoms with van der Waals surface area (Å²) in [5, 5.41) is 26.5. The molecule has 1 unspecified atom stereocenters. The molecule has 4 N–H and O–H groups in total. The Bertz CT molecular complexity index is 1420. The summed E-state index contributed by atoms with van der Waals surface area (Å²) in [5.74, 6) is -5.95. The zero-order chi connectivity index (χ0) is 29.7. The molecule has 4 rings (SSSR count). The van der Waals surface area contributed by atoms with E-state index in [-0.39, 0.29) is 24.3 Å². The second-order valence-corrected chi connectivity index (χ2v) is 10.4. The van der Waals surface area contributed by atoms with Crippen molar-refractivity contribution in [3.05, 3.63) is 101 Å². The maximum atomic E-state index is 14.6. The third-order valence-corrected chi connectivity index (χ3v) is 7.37. The Balaban J connectivity index is 1.55. The summed E-state index contributed by atoms with van der Waals surface area (Å²) in [5.41, 5.74) is 2.82. The largest absolute Gasteiger partial charge is 0.508 e. The number of halogens is 2. The molecular weight excluding hydrogens is 532 g/mol.